The summed E-state index contributed by atoms with van der Waals surface area (Å²) in [6.45, 7) is 1.25. The fourth-order valence-corrected chi connectivity index (χ4v) is 4.32. The molecule has 29 heavy (non-hydrogen) atoms. The summed E-state index contributed by atoms with van der Waals surface area (Å²) >= 11 is 6.33. The summed E-state index contributed by atoms with van der Waals surface area (Å²) in [6, 6.07) is 17.3. The number of fused-ring (bicyclic) bond motifs is 1. The first-order chi connectivity index (χ1) is 14.1. The van der Waals surface area contributed by atoms with Gasteiger partial charge in [0.15, 0.2) is 0 Å². The molecule has 1 aliphatic rings. The Hall–Kier alpha value is -2.63. The topological polar surface area (TPSA) is 62.7 Å². The molecule has 0 amide bonds. The van der Waals surface area contributed by atoms with Gasteiger partial charge in [0.25, 0.3) is 0 Å². The van der Waals surface area contributed by atoms with Crippen LogP contribution in [-0.2, 0) is 4.79 Å². The van der Waals surface area contributed by atoms with Crippen molar-refractivity contribution < 1.29 is 14.6 Å². The molecule has 6 heteroatoms. The molecule has 4 rings (SSSR count). The lowest BCUT2D eigenvalue weighted by Gasteiger charge is -2.37. The van der Waals surface area contributed by atoms with Crippen molar-refractivity contribution in [3.63, 3.8) is 0 Å². The molecule has 2 unspecified atom stereocenters. The molecule has 0 aliphatic carbocycles. The number of rotatable bonds is 5. The lowest BCUT2D eigenvalue weighted by atomic mass is 9.92. The Labute approximate surface area is 174 Å². The molecule has 0 bridgehead atoms. The highest BCUT2D eigenvalue weighted by Gasteiger charge is 2.33. The van der Waals surface area contributed by atoms with E-state index in [9.17, 15) is 9.90 Å². The Bertz CT molecular complexity index is 1040. The number of benzene rings is 2. The highest BCUT2D eigenvalue weighted by molar-refractivity contribution is 6.30. The number of piperidine rings is 1. The number of nitrogens with zero attached hydrogens (tertiary/aromatic N) is 2. The van der Waals surface area contributed by atoms with Crippen molar-refractivity contribution in [3.8, 4) is 5.75 Å². The molecule has 2 heterocycles. The van der Waals surface area contributed by atoms with Crippen molar-refractivity contribution in [1.29, 1.82) is 0 Å². The minimum atomic E-state index is -0.752. The summed E-state index contributed by atoms with van der Waals surface area (Å²) in [4.78, 5) is 18.8. The molecule has 1 fully saturated rings. The van der Waals surface area contributed by atoms with Gasteiger partial charge >= 0.3 is 5.97 Å². The second-order valence-electron chi connectivity index (χ2n) is 7.39. The van der Waals surface area contributed by atoms with Gasteiger partial charge < -0.3 is 9.84 Å². The van der Waals surface area contributed by atoms with Crippen LogP contribution in [0.1, 0.15) is 30.1 Å². The van der Waals surface area contributed by atoms with E-state index < -0.39 is 11.9 Å². The maximum atomic E-state index is 11.7. The van der Waals surface area contributed by atoms with Crippen LogP contribution in [-0.4, -0.2) is 41.2 Å². The van der Waals surface area contributed by atoms with Gasteiger partial charge in [0, 0.05) is 22.5 Å². The fourth-order valence-electron chi connectivity index (χ4n) is 4.14. The number of aromatic nitrogens is 1. The van der Waals surface area contributed by atoms with Crippen LogP contribution >= 0.6 is 11.6 Å². The van der Waals surface area contributed by atoms with Crippen molar-refractivity contribution >= 4 is 28.5 Å². The van der Waals surface area contributed by atoms with Crippen molar-refractivity contribution in [1.82, 2.24) is 9.88 Å². The first-order valence-electron chi connectivity index (χ1n) is 9.73. The van der Waals surface area contributed by atoms with E-state index in [-0.39, 0.29) is 6.04 Å². The number of likely N-dealkylation sites (tertiary alicyclic amines) is 1. The van der Waals surface area contributed by atoms with E-state index in [4.69, 9.17) is 21.3 Å². The van der Waals surface area contributed by atoms with Gasteiger partial charge in [-0.3, -0.25) is 14.7 Å². The molecule has 2 aromatic carbocycles. The second kappa shape index (κ2) is 8.39. The lowest BCUT2D eigenvalue weighted by Crippen LogP contribution is -2.41. The first kappa shape index (κ1) is 19.7. The average Bonchev–Trinajstić information content (AvgIpc) is 2.74. The predicted octanol–water partition coefficient (Wildman–Crippen LogP) is 4.78. The number of halogens is 1. The predicted molar refractivity (Wildman–Crippen MR) is 114 cm³/mol. The molecular formula is C23H23ClN2O3. The number of carbonyl (C=O) groups is 1. The Morgan fingerprint density at radius 2 is 2.07 bits per heavy atom. The number of hydrogen-bond donors (Lipinski definition) is 1. The summed E-state index contributed by atoms with van der Waals surface area (Å²) in [5, 5.41) is 11.3. The van der Waals surface area contributed by atoms with Crippen LogP contribution in [0.2, 0.25) is 5.02 Å². The maximum Gasteiger partial charge on any atom is 0.307 e. The fraction of sp³-hybridized carbons (Fsp3) is 0.304. The van der Waals surface area contributed by atoms with E-state index in [1.54, 1.807) is 13.2 Å². The number of methoxy groups -OCH3 is 1. The van der Waals surface area contributed by atoms with Crippen molar-refractivity contribution in [2.24, 2.45) is 5.92 Å². The molecule has 0 spiro atoms. The number of carboxylic acid groups (broad SMARTS) is 1. The number of hydrogen-bond acceptors (Lipinski definition) is 4. The number of ether oxygens (including phenoxy) is 1. The Kier molecular flexibility index (Phi) is 5.69. The monoisotopic (exact) mass is 410 g/mol. The molecule has 1 N–H and O–H groups in total. The number of pyridine rings is 1. The highest BCUT2D eigenvalue weighted by Crippen LogP contribution is 2.38. The van der Waals surface area contributed by atoms with E-state index in [1.165, 1.54) is 0 Å². The molecule has 0 radical (unpaired) electrons. The standard InChI is InChI=1S/C23H23ClN2O3/c1-29-21-11-9-17(24)13-18(21)22(26-12-4-6-16(14-26)23(27)28)20-10-8-15-5-2-3-7-19(15)25-20/h2-3,5,7-11,13,16,22H,4,6,12,14H2,1H3,(H,27,28). The minimum absolute atomic E-state index is 0.240. The number of carboxylic acids is 1. The first-order valence-corrected chi connectivity index (χ1v) is 10.1. The van der Waals surface area contributed by atoms with Gasteiger partial charge in [-0.2, -0.15) is 0 Å². The van der Waals surface area contributed by atoms with Crippen LogP contribution in [0.15, 0.2) is 54.6 Å². The second-order valence-corrected chi connectivity index (χ2v) is 7.83. The Morgan fingerprint density at radius 3 is 2.86 bits per heavy atom. The quantitative estimate of drug-likeness (QED) is 0.655. The van der Waals surface area contributed by atoms with Crippen LogP contribution < -0.4 is 4.74 Å². The van der Waals surface area contributed by atoms with E-state index in [2.05, 4.69) is 11.0 Å². The summed E-state index contributed by atoms with van der Waals surface area (Å²) < 4.78 is 5.63. The minimum Gasteiger partial charge on any atom is -0.496 e. The summed E-state index contributed by atoms with van der Waals surface area (Å²) in [6.07, 6.45) is 1.51. The normalized spacial score (nSPS) is 18.5. The molecule has 150 valence electrons. The summed E-state index contributed by atoms with van der Waals surface area (Å²) in [5.74, 6) is -0.429. The SMILES string of the molecule is COc1ccc(Cl)cc1C(c1ccc2ccccc2n1)N1CCCC(C(=O)O)C1. The lowest BCUT2D eigenvalue weighted by molar-refractivity contribution is -0.143. The smallest absolute Gasteiger partial charge is 0.307 e. The van der Waals surface area contributed by atoms with Crippen LogP contribution in [0.5, 0.6) is 5.75 Å². The molecule has 3 aromatic rings. The van der Waals surface area contributed by atoms with Crippen LogP contribution in [0.25, 0.3) is 10.9 Å². The third-order valence-corrected chi connectivity index (χ3v) is 5.79. The van der Waals surface area contributed by atoms with E-state index in [1.807, 2.05) is 42.5 Å². The van der Waals surface area contributed by atoms with E-state index in [0.29, 0.717) is 23.7 Å². The van der Waals surface area contributed by atoms with Gasteiger partial charge in [0.2, 0.25) is 0 Å². The zero-order valence-corrected chi connectivity index (χ0v) is 17.0. The van der Waals surface area contributed by atoms with Crippen LogP contribution in [0.4, 0.5) is 0 Å². The zero-order valence-electron chi connectivity index (χ0n) is 16.2. The van der Waals surface area contributed by atoms with Crippen molar-refractivity contribution in [2.45, 2.75) is 18.9 Å². The van der Waals surface area contributed by atoms with Crippen LogP contribution in [0.3, 0.4) is 0 Å². The molecule has 1 aromatic heterocycles. The number of para-hydroxylation sites is 1. The molecule has 1 aliphatic heterocycles. The van der Waals surface area contributed by atoms with Crippen LogP contribution in [0, 0.1) is 5.92 Å². The molecule has 5 nitrogen and oxygen atoms in total. The Morgan fingerprint density at radius 1 is 1.24 bits per heavy atom. The van der Waals surface area contributed by atoms with Gasteiger partial charge in [-0.05, 0) is 49.7 Å². The summed E-state index contributed by atoms with van der Waals surface area (Å²) in [7, 11) is 1.63. The number of aliphatic carboxylic acids is 1. The molecular weight excluding hydrogens is 388 g/mol. The molecule has 1 saturated heterocycles. The van der Waals surface area contributed by atoms with Gasteiger partial charge in [-0.15, -0.1) is 0 Å². The average molecular weight is 411 g/mol. The van der Waals surface area contributed by atoms with Gasteiger partial charge in [0.05, 0.1) is 30.3 Å². The maximum absolute atomic E-state index is 11.7. The Balaban J connectivity index is 1.84. The highest BCUT2D eigenvalue weighted by atomic mass is 35.5. The molecule has 0 saturated carbocycles. The molecule has 2 atom stereocenters. The largest absolute Gasteiger partial charge is 0.496 e. The summed E-state index contributed by atoms with van der Waals surface area (Å²) in [5.41, 5.74) is 2.66. The van der Waals surface area contributed by atoms with Gasteiger partial charge in [0.1, 0.15) is 5.75 Å². The van der Waals surface area contributed by atoms with Gasteiger partial charge in [-0.25, -0.2) is 0 Å². The zero-order chi connectivity index (χ0) is 20.4. The van der Waals surface area contributed by atoms with E-state index >= 15 is 0 Å². The van der Waals surface area contributed by atoms with E-state index in [0.717, 1.165) is 35.1 Å². The van der Waals surface area contributed by atoms with Crippen molar-refractivity contribution in [3.05, 3.63) is 70.9 Å². The third kappa shape index (κ3) is 4.07. The third-order valence-electron chi connectivity index (χ3n) is 5.55. The van der Waals surface area contributed by atoms with Crippen molar-refractivity contribution in [2.75, 3.05) is 20.2 Å². The van der Waals surface area contributed by atoms with Gasteiger partial charge in [-0.1, -0.05) is 35.9 Å².